The predicted molar refractivity (Wildman–Crippen MR) is 65.5 cm³/mol. The maximum absolute atomic E-state index is 13.5. The minimum atomic E-state index is -0.298. The molecule has 0 spiro atoms. The number of hydrogen-bond donors (Lipinski definition) is 2. The fraction of sp³-hybridized carbons (Fsp3) is 0.333. The van der Waals surface area contributed by atoms with Crippen molar-refractivity contribution in [1.82, 2.24) is 14.9 Å². The van der Waals surface area contributed by atoms with Crippen LogP contribution in [-0.2, 0) is 4.79 Å². The third kappa shape index (κ3) is 1.53. The first kappa shape index (κ1) is 11.0. The average molecular weight is 248 g/mol. The lowest BCUT2D eigenvalue weighted by Gasteiger charge is -2.12. The van der Waals surface area contributed by atoms with Crippen molar-refractivity contribution in [1.29, 1.82) is 0 Å². The number of aryl methyl sites for hydroxylation is 1. The number of aromatic nitrogens is 2. The van der Waals surface area contributed by atoms with Crippen LogP contribution in [0.3, 0.4) is 0 Å². The van der Waals surface area contributed by atoms with Gasteiger partial charge < -0.3 is 15.6 Å². The zero-order valence-electron chi connectivity index (χ0n) is 9.90. The zero-order chi connectivity index (χ0) is 12.9. The number of imidazole rings is 1. The maximum Gasteiger partial charge on any atom is 0.222 e. The molecule has 1 atom stereocenters. The molecule has 3 N–H and O–H groups in total. The highest BCUT2D eigenvalue weighted by molar-refractivity contribution is 5.82. The average Bonchev–Trinajstić information content (AvgIpc) is 2.83. The summed E-state index contributed by atoms with van der Waals surface area (Å²) in [6.45, 7) is 2.23. The third-order valence-corrected chi connectivity index (χ3v) is 3.32. The second kappa shape index (κ2) is 3.69. The van der Waals surface area contributed by atoms with Gasteiger partial charge in [-0.05, 0) is 18.6 Å². The number of fused-ring (bicyclic) bond motifs is 1. The molecular weight excluding hydrogens is 235 g/mol. The first-order chi connectivity index (χ1) is 8.56. The molecule has 2 aromatic rings. The van der Waals surface area contributed by atoms with Crippen LogP contribution >= 0.6 is 0 Å². The molecule has 1 unspecified atom stereocenters. The summed E-state index contributed by atoms with van der Waals surface area (Å²) in [6, 6.07) is 3.05. The van der Waals surface area contributed by atoms with Gasteiger partial charge in [-0.1, -0.05) is 0 Å². The van der Waals surface area contributed by atoms with Gasteiger partial charge in [0.1, 0.15) is 5.82 Å². The van der Waals surface area contributed by atoms with Crippen LogP contribution in [0.25, 0.3) is 11.0 Å². The Balaban J connectivity index is 2.19. The van der Waals surface area contributed by atoms with Crippen LogP contribution in [0.5, 0.6) is 0 Å². The number of halogens is 1. The first-order valence-corrected chi connectivity index (χ1v) is 5.76. The van der Waals surface area contributed by atoms with Crippen LogP contribution in [0.2, 0.25) is 0 Å². The highest BCUT2D eigenvalue weighted by atomic mass is 19.1. The van der Waals surface area contributed by atoms with Gasteiger partial charge in [0, 0.05) is 19.0 Å². The van der Waals surface area contributed by atoms with E-state index in [0.29, 0.717) is 30.0 Å². The second-order valence-electron chi connectivity index (χ2n) is 4.59. The van der Waals surface area contributed by atoms with E-state index in [0.717, 1.165) is 5.52 Å². The number of nitrogens with two attached hydrogens (primary N) is 1. The summed E-state index contributed by atoms with van der Waals surface area (Å²) in [7, 11) is 0. The molecule has 0 bridgehead atoms. The maximum atomic E-state index is 13.5. The summed E-state index contributed by atoms with van der Waals surface area (Å²) in [4.78, 5) is 15.4. The van der Waals surface area contributed by atoms with Crippen molar-refractivity contribution < 1.29 is 9.18 Å². The number of nitrogens with one attached hydrogen (secondary N) is 1. The highest BCUT2D eigenvalue weighted by Gasteiger charge is 2.26. The van der Waals surface area contributed by atoms with Crippen molar-refractivity contribution >= 4 is 22.9 Å². The molecule has 1 aliphatic heterocycles. The van der Waals surface area contributed by atoms with Crippen LogP contribution in [-0.4, -0.2) is 22.0 Å². The Morgan fingerprint density at radius 3 is 3.00 bits per heavy atom. The molecule has 1 fully saturated rings. The summed E-state index contributed by atoms with van der Waals surface area (Å²) < 4.78 is 15.3. The van der Waals surface area contributed by atoms with E-state index < -0.39 is 0 Å². The van der Waals surface area contributed by atoms with Crippen LogP contribution in [0.1, 0.15) is 18.0 Å². The Morgan fingerprint density at radius 2 is 2.33 bits per heavy atom. The van der Waals surface area contributed by atoms with Gasteiger partial charge in [-0.2, -0.15) is 0 Å². The van der Waals surface area contributed by atoms with Crippen molar-refractivity contribution in [2.45, 2.75) is 19.4 Å². The van der Waals surface area contributed by atoms with E-state index in [-0.39, 0.29) is 17.8 Å². The zero-order valence-corrected chi connectivity index (χ0v) is 9.90. The van der Waals surface area contributed by atoms with Crippen molar-refractivity contribution in [3.63, 3.8) is 0 Å². The number of amides is 1. The van der Waals surface area contributed by atoms with E-state index in [4.69, 9.17) is 5.73 Å². The molecule has 0 saturated carbocycles. The Hall–Kier alpha value is -2.11. The van der Waals surface area contributed by atoms with E-state index in [1.807, 2.05) is 0 Å². The highest BCUT2D eigenvalue weighted by Crippen LogP contribution is 2.28. The lowest BCUT2D eigenvalue weighted by atomic mass is 10.2. The molecule has 2 heterocycles. The Labute approximate surface area is 103 Å². The van der Waals surface area contributed by atoms with E-state index in [1.165, 1.54) is 6.07 Å². The number of hydrogen-bond acceptors (Lipinski definition) is 3. The molecule has 18 heavy (non-hydrogen) atoms. The van der Waals surface area contributed by atoms with E-state index >= 15 is 0 Å². The normalized spacial score (nSPS) is 19.4. The van der Waals surface area contributed by atoms with Crippen LogP contribution in [0.15, 0.2) is 12.1 Å². The van der Waals surface area contributed by atoms with E-state index in [1.54, 1.807) is 17.6 Å². The second-order valence-corrected chi connectivity index (χ2v) is 4.59. The molecule has 1 aromatic heterocycles. The van der Waals surface area contributed by atoms with Gasteiger partial charge in [0.05, 0.1) is 17.1 Å². The molecule has 1 amide bonds. The number of rotatable bonds is 1. The topological polar surface area (TPSA) is 72.9 Å². The number of carbonyl (C=O) groups is 1. The smallest absolute Gasteiger partial charge is 0.222 e. The number of benzene rings is 1. The SMILES string of the molecule is Cc1cc2c(cc1F)nc(N)n2C1CNC(=O)C1. The van der Waals surface area contributed by atoms with Gasteiger partial charge >= 0.3 is 0 Å². The van der Waals surface area contributed by atoms with Gasteiger partial charge in [-0.3, -0.25) is 4.79 Å². The molecule has 0 aliphatic carbocycles. The van der Waals surface area contributed by atoms with Crippen molar-refractivity contribution in [2.24, 2.45) is 0 Å². The predicted octanol–water partition coefficient (Wildman–Crippen LogP) is 1.13. The van der Waals surface area contributed by atoms with E-state index in [2.05, 4.69) is 10.3 Å². The fourth-order valence-corrected chi connectivity index (χ4v) is 2.40. The molecule has 6 heteroatoms. The molecule has 94 valence electrons. The molecular formula is C12H13FN4O. The van der Waals surface area contributed by atoms with Crippen LogP contribution in [0, 0.1) is 12.7 Å². The summed E-state index contributed by atoms with van der Waals surface area (Å²) in [5, 5.41) is 2.76. The summed E-state index contributed by atoms with van der Waals surface area (Å²) in [5.74, 6) is 0.0179. The van der Waals surface area contributed by atoms with Crippen LogP contribution in [0.4, 0.5) is 10.3 Å². The van der Waals surface area contributed by atoms with Crippen molar-refractivity contribution in [2.75, 3.05) is 12.3 Å². The van der Waals surface area contributed by atoms with Gasteiger partial charge in [0.2, 0.25) is 11.9 Å². The lowest BCUT2D eigenvalue weighted by Crippen LogP contribution is -2.16. The molecule has 1 aromatic carbocycles. The number of nitrogen functional groups attached to an aromatic ring is 1. The largest absolute Gasteiger partial charge is 0.369 e. The Bertz CT molecular complexity index is 649. The summed E-state index contributed by atoms with van der Waals surface area (Å²) in [5.41, 5.74) is 7.71. The summed E-state index contributed by atoms with van der Waals surface area (Å²) in [6.07, 6.45) is 0.381. The van der Waals surface area contributed by atoms with Crippen LogP contribution < -0.4 is 11.1 Å². The molecule has 0 radical (unpaired) electrons. The van der Waals surface area contributed by atoms with Crippen molar-refractivity contribution in [3.8, 4) is 0 Å². The minimum absolute atomic E-state index is 0.0000774. The quantitative estimate of drug-likeness (QED) is 0.794. The van der Waals surface area contributed by atoms with Gasteiger partial charge in [-0.15, -0.1) is 0 Å². The fourth-order valence-electron chi connectivity index (χ4n) is 2.40. The summed E-state index contributed by atoms with van der Waals surface area (Å²) >= 11 is 0. The monoisotopic (exact) mass is 248 g/mol. The van der Waals surface area contributed by atoms with Crippen molar-refractivity contribution in [3.05, 3.63) is 23.5 Å². The van der Waals surface area contributed by atoms with E-state index in [9.17, 15) is 9.18 Å². The molecule has 1 saturated heterocycles. The third-order valence-electron chi connectivity index (χ3n) is 3.32. The minimum Gasteiger partial charge on any atom is -0.369 e. The molecule has 5 nitrogen and oxygen atoms in total. The molecule has 3 rings (SSSR count). The number of nitrogens with zero attached hydrogens (tertiary/aromatic N) is 2. The molecule has 1 aliphatic rings. The first-order valence-electron chi connectivity index (χ1n) is 5.76. The van der Waals surface area contributed by atoms with Gasteiger partial charge in [-0.25, -0.2) is 9.37 Å². The number of anilines is 1. The lowest BCUT2D eigenvalue weighted by molar-refractivity contribution is -0.119. The standard InChI is InChI=1S/C12H13FN4O/c1-6-2-10-9(4-8(6)13)16-12(14)17(10)7-3-11(18)15-5-7/h2,4,7H,3,5H2,1H3,(H2,14,16)(H,15,18). The Morgan fingerprint density at radius 1 is 1.56 bits per heavy atom. The van der Waals surface area contributed by atoms with Gasteiger partial charge in [0.15, 0.2) is 0 Å². The van der Waals surface area contributed by atoms with Gasteiger partial charge in [0.25, 0.3) is 0 Å². The number of carbonyl (C=O) groups excluding carboxylic acids is 1. The Kier molecular flexibility index (Phi) is 2.26.